The monoisotopic (exact) mass is 548 g/mol. The molecule has 0 saturated heterocycles. The van der Waals surface area contributed by atoms with E-state index in [-0.39, 0.29) is 54.0 Å². The number of amides is 2. The summed E-state index contributed by atoms with van der Waals surface area (Å²) in [5.41, 5.74) is 7.05. The van der Waals surface area contributed by atoms with Gasteiger partial charge in [0, 0.05) is 18.8 Å². The van der Waals surface area contributed by atoms with Gasteiger partial charge in [-0.1, -0.05) is 12.1 Å². The quantitative estimate of drug-likeness (QED) is 0.179. The van der Waals surface area contributed by atoms with Crippen LogP contribution in [0.1, 0.15) is 33.6 Å². The number of alkyl halides is 3. The maximum Gasteiger partial charge on any atom is 0.573 e. The molecule has 3 rings (SSSR count). The van der Waals surface area contributed by atoms with E-state index >= 15 is 0 Å². The average Bonchev–Trinajstić information content (AvgIpc) is 2.93. The summed E-state index contributed by atoms with van der Waals surface area (Å²) in [4.78, 5) is 29.9. The van der Waals surface area contributed by atoms with Crippen LogP contribution in [-0.2, 0) is 0 Å². The highest BCUT2D eigenvalue weighted by Gasteiger charge is 2.34. The van der Waals surface area contributed by atoms with E-state index in [0.29, 0.717) is 36.2 Å². The summed E-state index contributed by atoms with van der Waals surface area (Å²) in [5, 5.41) is 2.76. The second-order valence-corrected chi connectivity index (χ2v) is 6.48. The number of guanidine groups is 1. The first-order chi connectivity index (χ1) is 14.2. The number of anilines is 1. The van der Waals surface area contributed by atoms with Gasteiger partial charge >= 0.3 is 6.36 Å². The molecule has 31 heavy (non-hydrogen) atoms. The molecular formula is C20H20F3IN4O3. The summed E-state index contributed by atoms with van der Waals surface area (Å²) in [6.07, 6.45) is -3.59. The van der Waals surface area contributed by atoms with Crippen LogP contribution in [0.5, 0.6) is 5.75 Å². The maximum atomic E-state index is 12.3. The van der Waals surface area contributed by atoms with Crippen LogP contribution in [0.4, 0.5) is 18.9 Å². The zero-order valence-corrected chi connectivity index (χ0v) is 18.5. The van der Waals surface area contributed by atoms with Crippen molar-refractivity contribution in [1.82, 2.24) is 4.90 Å². The lowest BCUT2D eigenvalue weighted by atomic mass is 10.1. The van der Waals surface area contributed by atoms with E-state index in [4.69, 9.17) is 5.73 Å². The molecule has 0 bridgehead atoms. The summed E-state index contributed by atoms with van der Waals surface area (Å²) in [6.45, 7) is 0.646. The second-order valence-electron chi connectivity index (χ2n) is 6.48. The van der Waals surface area contributed by atoms with E-state index in [1.54, 1.807) is 24.3 Å². The molecule has 2 amide bonds. The molecule has 0 aliphatic carbocycles. The number of hydrogen-bond donors (Lipinski definition) is 2. The number of fused-ring (bicyclic) bond motifs is 1. The van der Waals surface area contributed by atoms with Crippen molar-refractivity contribution in [2.75, 3.05) is 18.4 Å². The lowest BCUT2D eigenvalue weighted by Crippen LogP contribution is -2.30. The minimum Gasteiger partial charge on any atom is -0.406 e. The highest BCUT2D eigenvalue weighted by Crippen LogP contribution is 2.24. The number of rotatable bonds is 7. The Hall–Kier alpha value is -2.83. The number of unbranched alkanes of at least 4 members (excludes halogenated alkanes) is 1. The Morgan fingerprint density at radius 2 is 1.58 bits per heavy atom. The Morgan fingerprint density at radius 1 is 1.00 bits per heavy atom. The average molecular weight is 548 g/mol. The Bertz CT molecular complexity index is 930. The number of benzene rings is 2. The lowest BCUT2D eigenvalue weighted by molar-refractivity contribution is -0.274. The largest absolute Gasteiger partial charge is 0.573 e. The molecule has 0 radical (unpaired) electrons. The van der Waals surface area contributed by atoms with Crippen LogP contribution < -0.4 is 15.8 Å². The SMILES string of the molecule is I.NC(=NCCCCN1C(=O)c2ccccc2C1=O)Nc1ccc(OC(F)(F)F)cc1. The van der Waals surface area contributed by atoms with Gasteiger partial charge in [0.2, 0.25) is 0 Å². The number of nitrogens with zero attached hydrogens (tertiary/aromatic N) is 2. The predicted molar refractivity (Wildman–Crippen MR) is 120 cm³/mol. The fourth-order valence-electron chi connectivity index (χ4n) is 2.95. The Kier molecular flexibility index (Phi) is 8.25. The van der Waals surface area contributed by atoms with Crippen LogP contribution in [0.2, 0.25) is 0 Å². The number of carbonyl (C=O) groups excluding carboxylic acids is 2. The van der Waals surface area contributed by atoms with Gasteiger partial charge in [-0.2, -0.15) is 0 Å². The van der Waals surface area contributed by atoms with Gasteiger partial charge in [-0.25, -0.2) is 0 Å². The molecule has 0 aromatic heterocycles. The summed E-state index contributed by atoms with van der Waals surface area (Å²) in [6, 6.07) is 11.8. The minimum atomic E-state index is -4.75. The van der Waals surface area contributed by atoms with Gasteiger partial charge in [0.25, 0.3) is 11.8 Å². The first-order valence-corrected chi connectivity index (χ1v) is 9.12. The normalized spacial score (nSPS) is 13.6. The number of hydrogen-bond acceptors (Lipinski definition) is 4. The van der Waals surface area contributed by atoms with E-state index in [1.807, 2.05) is 0 Å². The van der Waals surface area contributed by atoms with Crippen molar-refractivity contribution in [2.45, 2.75) is 19.2 Å². The minimum absolute atomic E-state index is 0. The summed E-state index contributed by atoms with van der Waals surface area (Å²) < 4.78 is 40.2. The number of imide groups is 1. The zero-order chi connectivity index (χ0) is 21.7. The topological polar surface area (TPSA) is 97.0 Å². The molecule has 0 unspecified atom stereocenters. The smallest absolute Gasteiger partial charge is 0.406 e. The van der Waals surface area contributed by atoms with E-state index in [0.717, 1.165) is 12.1 Å². The van der Waals surface area contributed by atoms with Crippen molar-refractivity contribution in [3.8, 4) is 5.75 Å². The van der Waals surface area contributed by atoms with Crippen LogP contribution >= 0.6 is 24.0 Å². The molecule has 11 heteroatoms. The summed E-state index contributed by atoms with van der Waals surface area (Å²) >= 11 is 0. The molecule has 2 aromatic carbocycles. The van der Waals surface area contributed by atoms with E-state index in [1.165, 1.54) is 17.0 Å². The molecule has 0 saturated carbocycles. The van der Waals surface area contributed by atoms with Crippen molar-refractivity contribution < 1.29 is 27.5 Å². The molecule has 7 nitrogen and oxygen atoms in total. The third-order valence-corrected chi connectivity index (χ3v) is 4.31. The Balaban J connectivity index is 0.00000341. The van der Waals surface area contributed by atoms with Crippen LogP contribution in [0.25, 0.3) is 0 Å². The molecule has 0 spiro atoms. The first kappa shape index (κ1) is 24.4. The number of nitrogens with two attached hydrogens (primary N) is 1. The van der Waals surface area contributed by atoms with Gasteiger partial charge < -0.3 is 15.8 Å². The number of carbonyl (C=O) groups is 2. The molecule has 1 aliphatic heterocycles. The van der Waals surface area contributed by atoms with Crippen molar-refractivity contribution in [1.29, 1.82) is 0 Å². The van der Waals surface area contributed by atoms with Crippen molar-refractivity contribution in [3.05, 3.63) is 59.7 Å². The third kappa shape index (κ3) is 6.57. The molecule has 2 aromatic rings. The van der Waals surface area contributed by atoms with Crippen molar-refractivity contribution >= 4 is 47.4 Å². The van der Waals surface area contributed by atoms with Gasteiger partial charge in [0.05, 0.1) is 11.1 Å². The maximum absolute atomic E-state index is 12.3. The van der Waals surface area contributed by atoms with E-state index in [2.05, 4.69) is 15.0 Å². The van der Waals surface area contributed by atoms with Crippen LogP contribution in [0.15, 0.2) is 53.5 Å². The number of nitrogens with one attached hydrogen (secondary N) is 1. The molecule has 3 N–H and O–H groups in total. The molecule has 0 fully saturated rings. The molecule has 1 aliphatic rings. The van der Waals surface area contributed by atoms with Gasteiger partial charge in [-0.3, -0.25) is 19.5 Å². The van der Waals surface area contributed by atoms with Crippen LogP contribution in [-0.4, -0.2) is 42.1 Å². The fourth-order valence-corrected chi connectivity index (χ4v) is 2.95. The van der Waals surface area contributed by atoms with Crippen LogP contribution in [0, 0.1) is 0 Å². The van der Waals surface area contributed by atoms with Gasteiger partial charge in [-0.05, 0) is 49.2 Å². The number of aliphatic imine (C=N–C) groups is 1. The summed E-state index contributed by atoms with van der Waals surface area (Å²) in [7, 11) is 0. The second kappa shape index (κ2) is 10.5. The third-order valence-electron chi connectivity index (χ3n) is 4.31. The predicted octanol–water partition coefficient (Wildman–Crippen LogP) is 4.01. The molecule has 0 atom stereocenters. The standard InChI is InChI=1S/C20H19F3N4O3.HI/c21-20(22,23)30-14-9-7-13(8-10-14)26-19(24)25-11-3-4-12-27-17(28)15-5-1-2-6-16(15)18(27)29;/h1-2,5-10H,3-4,11-12H2,(H3,24,25,26);1H. The van der Waals surface area contributed by atoms with Gasteiger partial charge in [0.1, 0.15) is 5.75 Å². The van der Waals surface area contributed by atoms with Crippen LogP contribution in [0.3, 0.4) is 0 Å². The van der Waals surface area contributed by atoms with Crippen molar-refractivity contribution in [3.63, 3.8) is 0 Å². The van der Waals surface area contributed by atoms with Gasteiger partial charge in [-0.15, -0.1) is 37.1 Å². The Morgan fingerprint density at radius 3 is 2.13 bits per heavy atom. The molecule has 166 valence electrons. The number of ether oxygens (including phenoxy) is 1. The zero-order valence-electron chi connectivity index (χ0n) is 16.2. The highest BCUT2D eigenvalue weighted by molar-refractivity contribution is 14.0. The molecular weight excluding hydrogens is 528 g/mol. The Labute approximate surface area is 193 Å². The first-order valence-electron chi connectivity index (χ1n) is 9.12. The van der Waals surface area contributed by atoms with Gasteiger partial charge in [0.15, 0.2) is 5.96 Å². The van der Waals surface area contributed by atoms with Crippen molar-refractivity contribution in [2.24, 2.45) is 10.7 Å². The van der Waals surface area contributed by atoms with E-state index in [9.17, 15) is 22.8 Å². The fraction of sp³-hybridized carbons (Fsp3) is 0.250. The highest BCUT2D eigenvalue weighted by atomic mass is 127. The summed E-state index contributed by atoms with van der Waals surface area (Å²) in [5.74, 6) is -0.826. The number of halogens is 4. The lowest BCUT2D eigenvalue weighted by Gasteiger charge is -2.13. The van der Waals surface area contributed by atoms with E-state index < -0.39 is 6.36 Å². The molecule has 1 heterocycles.